The van der Waals surface area contributed by atoms with Crippen molar-refractivity contribution in [2.24, 2.45) is 5.73 Å². The Labute approximate surface area is 117 Å². The summed E-state index contributed by atoms with van der Waals surface area (Å²) in [7, 11) is 0. The molecule has 0 saturated heterocycles. The summed E-state index contributed by atoms with van der Waals surface area (Å²) < 4.78 is 10.7. The van der Waals surface area contributed by atoms with Crippen LogP contribution in [0.2, 0.25) is 0 Å². The normalized spacial score (nSPS) is 10.3. The van der Waals surface area contributed by atoms with Crippen LogP contribution in [0, 0.1) is 6.92 Å². The lowest BCUT2D eigenvalue weighted by atomic mass is 10.2. The molecule has 0 bridgehead atoms. The topological polar surface area (TPSA) is 77.5 Å². The molecule has 0 unspecified atom stereocenters. The summed E-state index contributed by atoms with van der Waals surface area (Å²) in [4.78, 5) is 11.8. The van der Waals surface area contributed by atoms with Gasteiger partial charge in [-0.1, -0.05) is 18.2 Å². The molecule has 106 valence electrons. The van der Waals surface area contributed by atoms with E-state index in [0.717, 1.165) is 11.3 Å². The standard InChI is InChI=1S/C15H18N2O3/c1-11-4-2-3-5-14(11)19-7-6-17-15(18)12-8-13(9-16)20-10-12/h2-5,8,10H,6-7,9,16H2,1H3,(H,17,18). The van der Waals surface area contributed by atoms with E-state index in [1.807, 2.05) is 31.2 Å². The van der Waals surface area contributed by atoms with E-state index in [1.54, 1.807) is 6.07 Å². The van der Waals surface area contributed by atoms with Gasteiger partial charge in [0.2, 0.25) is 0 Å². The Morgan fingerprint density at radius 3 is 2.90 bits per heavy atom. The van der Waals surface area contributed by atoms with E-state index in [-0.39, 0.29) is 12.5 Å². The van der Waals surface area contributed by atoms with Gasteiger partial charge in [0.1, 0.15) is 24.4 Å². The van der Waals surface area contributed by atoms with Crippen LogP contribution in [0.4, 0.5) is 0 Å². The van der Waals surface area contributed by atoms with Crippen molar-refractivity contribution < 1.29 is 13.9 Å². The molecule has 5 nitrogen and oxygen atoms in total. The van der Waals surface area contributed by atoms with E-state index in [9.17, 15) is 4.79 Å². The first-order chi connectivity index (χ1) is 9.70. The van der Waals surface area contributed by atoms with Crippen molar-refractivity contribution in [3.8, 4) is 5.75 Å². The molecular weight excluding hydrogens is 256 g/mol. The minimum atomic E-state index is -0.193. The average molecular weight is 274 g/mol. The third kappa shape index (κ3) is 3.61. The Bertz CT molecular complexity index is 578. The number of amides is 1. The molecule has 20 heavy (non-hydrogen) atoms. The highest BCUT2D eigenvalue weighted by Crippen LogP contribution is 2.15. The third-order valence-electron chi connectivity index (χ3n) is 2.86. The van der Waals surface area contributed by atoms with Crippen molar-refractivity contribution in [1.29, 1.82) is 0 Å². The maximum atomic E-state index is 11.8. The molecule has 0 atom stereocenters. The highest BCUT2D eigenvalue weighted by Gasteiger charge is 2.08. The number of benzene rings is 1. The Hall–Kier alpha value is -2.27. The average Bonchev–Trinajstić information content (AvgIpc) is 2.94. The van der Waals surface area contributed by atoms with E-state index in [1.165, 1.54) is 6.26 Å². The number of hydrogen-bond donors (Lipinski definition) is 2. The van der Waals surface area contributed by atoms with Crippen LogP contribution in [0.3, 0.4) is 0 Å². The van der Waals surface area contributed by atoms with Gasteiger partial charge >= 0.3 is 0 Å². The zero-order valence-corrected chi connectivity index (χ0v) is 11.4. The number of furan rings is 1. The molecule has 1 amide bonds. The molecule has 0 fully saturated rings. The largest absolute Gasteiger partial charge is 0.491 e. The number of carbonyl (C=O) groups excluding carboxylic acids is 1. The molecule has 0 aliphatic heterocycles. The summed E-state index contributed by atoms with van der Waals surface area (Å²) in [5, 5.41) is 2.76. The number of rotatable bonds is 6. The summed E-state index contributed by atoms with van der Waals surface area (Å²) in [6, 6.07) is 9.39. The van der Waals surface area contributed by atoms with E-state index < -0.39 is 0 Å². The summed E-state index contributed by atoms with van der Waals surface area (Å²) >= 11 is 0. The molecule has 5 heteroatoms. The molecule has 2 rings (SSSR count). The van der Waals surface area contributed by atoms with Gasteiger partial charge in [0.15, 0.2) is 0 Å². The van der Waals surface area contributed by atoms with Crippen LogP contribution >= 0.6 is 0 Å². The SMILES string of the molecule is Cc1ccccc1OCCNC(=O)c1coc(CN)c1. The Morgan fingerprint density at radius 1 is 1.40 bits per heavy atom. The van der Waals surface area contributed by atoms with E-state index in [2.05, 4.69) is 5.32 Å². The second kappa shape index (κ2) is 6.77. The monoisotopic (exact) mass is 274 g/mol. The van der Waals surface area contributed by atoms with Crippen molar-refractivity contribution in [2.75, 3.05) is 13.2 Å². The van der Waals surface area contributed by atoms with E-state index >= 15 is 0 Å². The number of ether oxygens (including phenoxy) is 1. The minimum absolute atomic E-state index is 0.193. The first-order valence-electron chi connectivity index (χ1n) is 6.45. The predicted molar refractivity (Wildman–Crippen MR) is 75.6 cm³/mol. The van der Waals surface area contributed by atoms with Gasteiger partial charge in [-0.05, 0) is 24.6 Å². The van der Waals surface area contributed by atoms with Crippen molar-refractivity contribution in [3.63, 3.8) is 0 Å². The second-order valence-corrected chi connectivity index (χ2v) is 4.38. The molecule has 3 N–H and O–H groups in total. The lowest BCUT2D eigenvalue weighted by Gasteiger charge is -2.09. The van der Waals surface area contributed by atoms with Gasteiger partial charge < -0.3 is 20.2 Å². The van der Waals surface area contributed by atoms with Crippen LogP contribution in [0.5, 0.6) is 5.75 Å². The predicted octanol–water partition coefficient (Wildman–Crippen LogP) is 1.86. The Kier molecular flexibility index (Phi) is 4.79. The summed E-state index contributed by atoms with van der Waals surface area (Å²) in [6.45, 7) is 3.10. The highest BCUT2D eigenvalue weighted by atomic mass is 16.5. The molecule has 1 aromatic heterocycles. The fraction of sp³-hybridized carbons (Fsp3) is 0.267. The number of nitrogens with two attached hydrogens (primary N) is 1. The number of carbonyl (C=O) groups is 1. The molecule has 2 aromatic rings. The van der Waals surface area contributed by atoms with Crippen LogP contribution in [-0.2, 0) is 6.54 Å². The van der Waals surface area contributed by atoms with Crippen molar-refractivity contribution in [1.82, 2.24) is 5.32 Å². The summed E-state index contributed by atoms with van der Waals surface area (Å²) in [5.41, 5.74) is 6.96. The van der Waals surface area contributed by atoms with Crippen LogP contribution in [0.25, 0.3) is 0 Å². The molecule has 0 spiro atoms. The first-order valence-corrected chi connectivity index (χ1v) is 6.45. The van der Waals surface area contributed by atoms with Gasteiger partial charge in [0.25, 0.3) is 5.91 Å². The Morgan fingerprint density at radius 2 is 2.20 bits per heavy atom. The number of aryl methyl sites for hydroxylation is 1. The third-order valence-corrected chi connectivity index (χ3v) is 2.86. The molecule has 0 radical (unpaired) electrons. The maximum Gasteiger partial charge on any atom is 0.254 e. The van der Waals surface area contributed by atoms with E-state index in [0.29, 0.717) is 24.5 Å². The molecule has 0 aliphatic carbocycles. The van der Waals surface area contributed by atoms with Gasteiger partial charge in [-0.25, -0.2) is 0 Å². The van der Waals surface area contributed by atoms with Gasteiger partial charge in [-0.2, -0.15) is 0 Å². The van der Waals surface area contributed by atoms with Crippen LogP contribution in [0.15, 0.2) is 41.0 Å². The lowest BCUT2D eigenvalue weighted by Crippen LogP contribution is -2.27. The zero-order chi connectivity index (χ0) is 14.4. The number of para-hydroxylation sites is 1. The fourth-order valence-electron chi connectivity index (χ4n) is 1.75. The maximum absolute atomic E-state index is 11.8. The van der Waals surface area contributed by atoms with Crippen molar-refractivity contribution in [3.05, 3.63) is 53.5 Å². The van der Waals surface area contributed by atoms with Crippen LogP contribution < -0.4 is 15.8 Å². The number of hydrogen-bond acceptors (Lipinski definition) is 4. The smallest absolute Gasteiger partial charge is 0.254 e. The van der Waals surface area contributed by atoms with Gasteiger partial charge in [0.05, 0.1) is 18.7 Å². The first kappa shape index (κ1) is 14.1. The molecular formula is C15H18N2O3. The van der Waals surface area contributed by atoms with Crippen molar-refractivity contribution >= 4 is 5.91 Å². The molecule has 1 aromatic carbocycles. The van der Waals surface area contributed by atoms with Gasteiger partial charge in [0, 0.05) is 0 Å². The summed E-state index contributed by atoms with van der Waals surface area (Å²) in [5.74, 6) is 1.23. The minimum Gasteiger partial charge on any atom is -0.491 e. The Balaban J connectivity index is 1.76. The zero-order valence-electron chi connectivity index (χ0n) is 11.4. The van der Waals surface area contributed by atoms with Gasteiger partial charge in [-0.15, -0.1) is 0 Å². The molecule has 1 heterocycles. The summed E-state index contributed by atoms with van der Waals surface area (Å²) in [6.07, 6.45) is 1.40. The van der Waals surface area contributed by atoms with Crippen molar-refractivity contribution in [2.45, 2.75) is 13.5 Å². The quantitative estimate of drug-likeness (QED) is 0.788. The van der Waals surface area contributed by atoms with Gasteiger partial charge in [-0.3, -0.25) is 4.79 Å². The second-order valence-electron chi connectivity index (χ2n) is 4.38. The fourth-order valence-corrected chi connectivity index (χ4v) is 1.75. The molecule has 0 aliphatic rings. The van der Waals surface area contributed by atoms with E-state index in [4.69, 9.17) is 14.9 Å². The van der Waals surface area contributed by atoms with Crippen LogP contribution in [-0.4, -0.2) is 19.1 Å². The van der Waals surface area contributed by atoms with Crippen LogP contribution in [0.1, 0.15) is 21.7 Å². The lowest BCUT2D eigenvalue weighted by molar-refractivity contribution is 0.0946. The number of nitrogens with one attached hydrogen (secondary N) is 1. The molecule has 0 saturated carbocycles. The highest BCUT2D eigenvalue weighted by molar-refractivity contribution is 5.93.